The molecule has 0 N–H and O–H groups in total. The Morgan fingerprint density at radius 2 is 1.77 bits per heavy atom. The van der Waals surface area contributed by atoms with Crippen LogP contribution in [0.3, 0.4) is 0 Å². The van der Waals surface area contributed by atoms with Gasteiger partial charge >= 0.3 is 6.09 Å². The zero-order valence-corrected chi connectivity index (χ0v) is 24.4. The Morgan fingerprint density at radius 1 is 1.05 bits per heavy atom. The fourth-order valence-corrected chi connectivity index (χ4v) is 5.71. The van der Waals surface area contributed by atoms with Crippen molar-refractivity contribution < 1.29 is 19.1 Å². The van der Waals surface area contributed by atoms with E-state index < -0.39 is 11.0 Å². The Hall–Kier alpha value is -3.72. The minimum Gasteiger partial charge on any atom is -0.478 e. The summed E-state index contributed by atoms with van der Waals surface area (Å²) in [4.78, 5) is 41.3. The van der Waals surface area contributed by atoms with E-state index in [1.165, 1.54) is 0 Å². The smallest absolute Gasteiger partial charge is 0.410 e. The summed E-state index contributed by atoms with van der Waals surface area (Å²) in [5, 5.41) is 0.961. The van der Waals surface area contributed by atoms with Gasteiger partial charge in [0, 0.05) is 55.5 Å². The summed E-state index contributed by atoms with van der Waals surface area (Å²) in [6.45, 7) is 8.08. The molecule has 2 aliphatic rings. The van der Waals surface area contributed by atoms with E-state index in [0.717, 1.165) is 46.2 Å². The summed E-state index contributed by atoms with van der Waals surface area (Å²) in [6, 6.07) is 10.1. The molecule has 0 unspecified atom stereocenters. The molecule has 0 aliphatic carbocycles. The molecular weight excluding hydrogens is 506 g/mol. The zero-order chi connectivity index (χ0) is 28.7. The first-order valence-electron chi connectivity index (χ1n) is 13.9. The van der Waals surface area contributed by atoms with Gasteiger partial charge in [0.1, 0.15) is 5.60 Å². The van der Waals surface area contributed by atoms with Crippen molar-refractivity contribution in [2.45, 2.75) is 51.0 Å². The zero-order valence-electron chi connectivity index (χ0n) is 24.4. The Bertz CT molecular complexity index is 1410. The number of piperidine rings is 1. The fourth-order valence-electron chi connectivity index (χ4n) is 5.71. The summed E-state index contributed by atoms with van der Waals surface area (Å²) in [5.41, 5.74) is 3.37. The maximum atomic E-state index is 13.8. The number of carbonyl (C=O) groups is 2. The molecule has 212 valence electrons. The summed E-state index contributed by atoms with van der Waals surface area (Å²) in [6.07, 6.45) is 5.30. The number of amides is 2. The van der Waals surface area contributed by atoms with E-state index in [1.807, 2.05) is 72.4 Å². The molecule has 0 bridgehead atoms. The van der Waals surface area contributed by atoms with Crippen LogP contribution in [-0.2, 0) is 14.9 Å². The number of likely N-dealkylation sites (tertiary alicyclic amines) is 1. The molecule has 1 fully saturated rings. The van der Waals surface area contributed by atoms with Gasteiger partial charge in [-0.15, -0.1) is 0 Å². The normalized spacial score (nSPS) is 16.6. The van der Waals surface area contributed by atoms with Crippen LogP contribution in [0, 0.1) is 0 Å². The topological polar surface area (TPSA) is 88.1 Å². The number of anilines is 1. The van der Waals surface area contributed by atoms with Crippen molar-refractivity contribution in [2.75, 3.05) is 52.3 Å². The third-order valence-corrected chi connectivity index (χ3v) is 7.74. The molecule has 0 radical (unpaired) electrons. The van der Waals surface area contributed by atoms with Gasteiger partial charge in [0.15, 0.2) is 0 Å². The van der Waals surface area contributed by atoms with Gasteiger partial charge in [-0.05, 0) is 77.9 Å². The van der Waals surface area contributed by atoms with Crippen LogP contribution < -0.4 is 9.64 Å². The Labute approximate surface area is 236 Å². The predicted octanol–water partition coefficient (Wildman–Crippen LogP) is 4.87. The summed E-state index contributed by atoms with van der Waals surface area (Å²) in [7, 11) is 5.91. The average Bonchev–Trinajstić information content (AvgIpc) is 3.12. The number of hydrogen-bond acceptors (Lipinski definition) is 7. The molecular formula is C31H39N5O4. The third kappa shape index (κ3) is 5.35. The maximum absolute atomic E-state index is 13.8. The van der Waals surface area contributed by atoms with E-state index in [-0.39, 0.29) is 12.0 Å². The predicted molar refractivity (Wildman–Crippen MR) is 156 cm³/mol. The minimum atomic E-state index is -0.703. The molecule has 40 heavy (non-hydrogen) atoms. The molecule has 2 amide bonds. The van der Waals surface area contributed by atoms with Gasteiger partial charge in [0.25, 0.3) is 0 Å². The molecule has 2 aromatic heterocycles. The Kier molecular flexibility index (Phi) is 7.44. The quantitative estimate of drug-likeness (QED) is 0.408. The van der Waals surface area contributed by atoms with Crippen LogP contribution in [0.15, 0.2) is 42.7 Å². The lowest BCUT2D eigenvalue weighted by Crippen LogP contribution is -2.50. The molecule has 5 rings (SSSR count). The number of hydrogen-bond donors (Lipinski definition) is 0. The second-order valence-electron chi connectivity index (χ2n) is 12.1. The number of nitrogens with zero attached hydrogens (tertiary/aromatic N) is 5. The monoisotopic (exact) mass is 545 g/mol. The van der Waals surface area contributed by atoms with Gasteiger partial charge in [-0.1, -0.05) is 6.07 Å². The first-order valence-corrected chi connectivity index (χ1v) is 13.9. The number of aromatic nitrogens is 2. The van der Waals surface area contributed by atoms with Crippen molar-refractivity contribution in [2.24, 2.45) is 0 Å². The van der Waals surface area contributed by atoms with E-state index in [0.29, 0.717) is 38.4 Å². The molecule has 0 saturated carbocycles. The van der Waals surface area contributed by atoms with Crippen molar-refractivity contribution in [3.8, 4) is 17.0 Å². The van der Waals surface area contributed by atoms with E-state index in [4.69, 9.17) is 9.47 Å². The summed E-state index contributed by atoms with van der Waals surface area (Å²) in [5.74, 6) is 0.664. The van der Waals surface area contributed by atoms with Crippen molar-refractivity contribution in [3.05, 3.63) is 48.3 Å². The molecule has 9 nitrogen and oxygen atoms in total. The van der Waals surface area contributed by atoms with Crippen LogP contribution in [0.1, 0.15) is 45.6 Å². The molecule has 3 aromatic rings. The Morgan fingerprint density at radius 3 is 2.42 bits per heavy atom. The molecule has 1 aromatic carbocycles. The number of likely N-dealkylation sites (N-methyl/N-ethyl adjacent to an activating group) is 1. The SMILES string of the molecule is CN(C)CCCOc1ccc(-c2ccc3ncc4c(c3c2)C2(CCN(C(=O)OC(C)(C)C)CC2)C(=O)N4C)cn1. The molecule has 9 heteroatoms. The third-order valence-electron chi connectivity index (χ3n) is 7.74. The first kappa shape index (κ1) is 27.8. The molecule has 2 aliphatic heterocycles. The van der Waals surface area contributed by atoms with Crippen molar-refractivity contribution >= 4 is 28.6 Å². The highest BCUT2D eigenvalue weighted by Gasteiger charge is 2.52. The largest absolute Gasteiger partial charge is 0.478 e. The fraction of sp³-hybridized carbons (Fsp3) is 0.484. The number of pyridine rings is 2. The molecule has 0 atom stereocenters. The van der Waals surface area contributed by atoms with E-state index >= 15 is 0 Å². The standard InChI is InChI=1S/C31H39N5O4/c1-30(2,3)40-29(38)36-15-12-31(13-16-36)27-23-18-21(8-10-24(23)32-20-25(27)35(6)28(31)37)22-9-11-26(33-19-22)39-17-7-14-34(4)5/h8-11,18-20H,7,12-17H2,1-6H3. The van der Waals surface area contributed by atoms with Crippen molar-refractivity contribution in [1.29, 1.82) is 0 Å². The van der Waals surface area contributed by atoms with Gasteiger partial charge in [0.05, 0.1) is 29.4 Å². The van der Waals surface area contributed by atoms with Crippen LogP contribution in [0.4, 0.5) is 10.5 Å². The molecule has 1 saturated heterocycles. The lowest BCUT2D eigenvalue weighted by atomic mass is 9.72. The maximum Gasteiger partial charge on any atom is 0.410 e. The van der Waals surface area contributed by atoms with E-state index in [1.54, 1.807) is 16.0 Å². The summed E-state index contributed by atoms with van der Waals surface area (Å²) >= 11 is 0. The van der Waals surface area contributed by atoms with Gasteiger partial charge in [-0.2, -0.15) is 0 Å². The minimum absolute atomic E-state index is 0.0588. The van der Waals surface area contributed by atoms with Gasteiger partial charge < -0.3 is 24.2 Å². The van der Waals surface area contributed by atoms with Crippen LogP contribution in [0.2, 0.25) is 0 Å². The molecule has 4 heterocycles. The number of ether oxygens (including phenoxy) is 2. The number of carbonyl (C=O) groups excluding carboxylic acids is 2. The number of benzene rings is 1. The van der Waals surface area contributed by atoms with Crippen LogP contribution in [0.25, 0.3) is 22.0 Å². The van der Waals surface area contributed by atoms with Crippen molar-refractivity contribution in [3.63, 3.8) is 0 Å². The van der Waals surface area contributed by atoms with E-state index in [2.05, 4.69) is 20.9 Å². The average molecular weight is 546 g/mol. The van der Waals surface area contributed by atoms with Gasteiger partial charge in [-0.25, -0.2) is 9.78 Å². The van der Waals surface area contributed by atoms with Gasteiger partial charge in [0.2, 0.25) is 11.8 Å². The van der Waals surface area contributed by atoms with Crippen LogP contribution in [-0.4, -0.2) is 84.8 Å². The first-order chi connectivity index (χ1) is 19.0. The number of fused-ring (bicyclic) bond motifs is 4. The van der Waals surface area contributed by atoms with Gasteiger partial charge in [-0.3, -0.25) is 9.78 Å². The highest BCUT2D eigenvalue weighted by atomic mass is 16.6. The number of rotatable bonds is 6. The van der Waals surface area contributed by atoms with E-state index in [9.17, 15) is 9.59 Å². The second-order valence-corrected chi connectivity index (χ2v) is 12.1. The van der Waals surface area contributed by atoms with Crippen molar-refractivity contribution in [1.82, 2.24) is 19.8 Å². The van der Waals surface area contributed by atoms with Crippen LogP contribution in [0.5, 0.6) is 5.88 Å². The molecule has 1 spiro atoms. The highest BCUT2D eigenvalue weighted by molar-refractivity contribution is 6.12. The second kappa shape index (κ2) is 10.7. The summed E-state index contributed by atoms with van der Waals surface area (Å²) < 4.78 is 11.4. The Balaban J connectivity index is 1.42. The lowest BCUT2D eigenvalue weighted by molar-refractivity contribution is -0.124. The highest BCUT2D eigenvalue weighted by Crippen LogP contribution is 2.50. The van der Waals surface area contributed by atoms with Crippen LogP contribution >= 0.6 is 0 Å². The lowest BCUT2D eigenvalue weighted by Gasteiger charge is -2.39.